The number of nitrogens with zero attached hydrogens (tertiary/aromatic N) is 2. The van der Waals surface area contributed by atoms with Gasteiger partial charge in [0.25, 0.3) is 5.91 Å². The molecule has 0 aliphatic rings. The van der Waals surface area contributed by atoms with Crippen LogP contribution in [0.4, 0.5) is 11.6 Å². The van der Waals surface area contributed by atoms with Crippen LogP contribution in [0.25, 0.3) is 0 Å². The molecule has 0 atom stereocenters. The van der Waals surface area contributed by atoms with Crippen molar-refractivity contribution in [2.24, 2.45) is 5.92 Å². The largest absolute Gasteiger partial charge is 0.351 e. The molecular weight excluding hydrogens is 300 g/mol. The van der Waals surface area contributed by atoms with Gasteiger partial charge in [-0.15, -0.1) is 0 Å². The summed E-state index contributed by atoms with van der Waals surface area (Å²) in [4.78, 5) is 21.0. The zero-order chi connectivity index (χ0) is 17.7. The van der Waals surface area contributed by atoms with Gasteiger partial charge in [0.05, 0.1) is 0 Å². The van der Waals surface area contributed by atoms with Gasteiger partial charge in [0, 0.05) is 17.9 Å². The van der Waals surface area contributed by atoms with E-state index in [4.69, 9.17) is 0 Å². The molecule has 1 amide bonds. The van der Waals surface area contributed by atoms with E-state index >= 15 is 0 Å². The van der Waals surface area contributed by atoms with Crippen LogP contribution in [-0.4, -0.2) is 22.4 Å². The fourth-order valence-electron chi connectivity index (χ4n) is 2.31. The van der Waals surface area contributed by atoms with Gasteiger partial charge in [0.2, 0.25) is 5.95 Å². The first kappa shape index (κ1) is 17.9. The minimum atomic E-state index is -0.162. The van der Waals surface area contributed by atoms with Crippen LogP contribution in [0.2, 0.25) is 0 Å². The van der Waals surface area contributed by atoms with Gasteiger partial charge in [0.1, 0.15) is 5.69 Å². The second-order valence-electron chi connectivity index (χ2n) is 6.53. The van der Waals surface area contributed by atoms with Crippen LogP contribution in [0.15, 0.2) is 24.3 Å². The van der Waals surface area contributed by atoms with Gasteiger partial charge in [-0.2, -0.15) is 0 Å². The second-order valence-corrected chi connectivity index (χ2v) is 6.53. The van der Waals surface area contributed by atoms with Crippen molar-refractivity contribution in [3.05, 3.63) is 46.8 Å². The van der Waals surface area contributed by atoms with Crippen LogP contribution >= 0.6 is 0 Å². The Kier molecular flexibility index (Phi) is 5.90. The van der Waals surface area contributed by atoms with Gasteiger partial charge in [-0.25, -0.2) is 9.97 Å². The number of aryl methyl sites for hydroxylation is 2. The molecule has 0 spiro atoms. The molecular formula is C19H26N4O. The first-order valence-corrected chi connectivity index (χ1v) is 8.34. The lowest BCUT2D eigenvalue weighted by atomic mass is 10.1. The van der Waals surface area contributed by atoms with E-state index in [-0.39, 0.29) is 5.91 Å². The van der Waals surface area contributed by atoms with E-state index in [0.717, 1.165) is 23.4 Å². The highest BCUT2D eigenvalue weighted by Gasteiger charge is 2.11. The second kappa shape index (κ2) is 7.90. The molecule has 0 unspecified atom stereocenters. The van der Waals surface area contributed by atoms with E-state index in [1.807, 2.05) is 26.0 Å². The van der Waals surface area contributed by atoms with Gasteiger partial charge in [-0.1, -0.05) is 26.0 Å². The quantitative estimate of drug-likeness (QED) is 0.844. The minimum absolute atomic E-state index is 0.162. The lowest BCUT2D eigenvalue weighted by Gasteiger charge is -2.12. The van der Waals surface area contributed by atoms with E-state index in [9.17, 15) is 4.79 Å². The Labute approximate surface area is 143 Å². The van der Waals surface area contributed by atoms with Crippen molar-refractivity contribution in [2.75, 3.05) is 11.9 Å². The SMILES string of the molecule is Cc1cc(C(=O)NCCC(C)C)nc(Nc2cccc(C)c2C)n1. The van der Waals surface area contributed by atoms with Gasteiger partial charge >= 0.3 is 0 Å². The van der Waals surface area contributed by atoms with Crippen LogP contribution in [0.3, 0.4) is 0 Å². The third kappa shape index (κ3) is 4.78. The molecule has 2 N–H and O–H groups in total. The topological polar surface area (TPSA) is 66.9 Å². The van der Waals surface area contributed by atoms with Crippen LogP contribution in [0, 0.1) is 26.7 Å². The summed E-state index contributed by atoms with van der Waals surface area (Å²) in [6.45, 7) is 10.9. The fourth-order valence-corrected chi connectivity index (χ4v) is 2.31. The Balaban J connectivity index is 2.16. The smallest absolute Gasteiger partial charge is 0.270 e. The van der Waals surface area contributed by atoms with Gasteiger partial charge in [0.15, 0.2) is 0 Å². The third-order valence-corrected chi connectivity index (χ3v) is 3.95. The number of aromatic nitrogens is 2. The maximum absolute atomic E-state index is 12.3. The normalized spacial score (nSPS) is 10.8. The van der Waals surface area contributed by atoms with Crippen LogP contribution in [-0.2, 0) is 0 Å². The van der Waals surface area contributed by atoms with E-state index < -0.39 is 0 Å². The number of anilines is 2. The summed E-state index contributed by atoms with van der Waals surface area (Å²) in [5, 5.41) is 6.13. The zero-order valence-corrected chi connectivity index (χ0v) is 15.1. The monoisotopic (exact) mass is 326 g/mol. The molecule has 0 saturated carbocycles. The van der Waals surface area contributed by atoms with E-state index in [0.29, 0.717) is 24.1 Å². The Morgan fingerprint density at radius 3 is 2.62 bits per heavy atom. The number of carbonyl (C=O) groups is 1. The summed E-state index contributed by atoms with van der Waals surface area (Å²) in [5.41, 5.74) is 4.43. The Morgan fingerprint density at radius 1 is 1.17 bits per heavy atom. The Morgan fingerprint density at radius 2 is 1.92 bits per heavy atom. The first-order valence-electron chi connectivity index (χ1n) is 8.34. The molecule has 5 nitrogen and oxygen atoms in total. The number of amides is 1. The van der Waals surface area contributed by atoms with Crippen LogP contribution < -0.4 is 10.6 Å². The molecule has 2 aromatic rings. The van der Waals surface area contributed by atoms with Crippen molar-refractivity contribution >= 4 is 17.5 Å². The number of carbonyl (C=O) groups excluding carboxylic acids is 1. The maximum Gasteiger partial charge on any atom is 0.270 e. The van der Waals surface area contributed by atoms with Crippen LogP contribution in [0.1, 0.15) is 47.6 Å². The first-order chi connectivity index (χ1) is 11.4. The molecule has 0 radical (unpaired) electrons. The molecule has 0 bridgehead atoms. The molecule has 24 heavy (non-hydrogen) atoms. The molecule has 2 rings (SSSR count). The Hall–Kier alpha value is -2.43. The average Bonchev–Trinajstić information content (AvgIpc) is 2.51. The highest BCUT2D eigenvalue weighted by Crippen LogP contribution is 2.21. The minimum Gasteiger partial charge on any atom is -0.351 e. The summed E-state index contributed by atoms with van der Waals surface area (Å²) in [6, 6.07) is 7.74. The standard InChI is InChI=1S/C19H26N4O/c1-12(2)9-10-20-18(24)17-11-14(4)21-19(23-17)22-16-8-6-7-13(3)15(16)5/h6-8,11-12H,9-10H2,1-5H3,(H,20,24)(H,21,22,23). The lowest BCUT2D eigenvalue weighted by molar-refractivity contribution is 0.0947. The molecule has 0 aliphatic heterocycles. The van der Waals surface area contributed by atoms with Crippen LogP contribution in [0.5, 0.6) is 0 Å². The molecule has 0 saturated heterocycles. The van der Waals surface area contributed by atoms with Crippen molar-refractivity contribution in [2.45, 2.75) is 41.0 Å². The van der Waals surface area contributed by atoms with Crippen molar-refractivity contribution in [1.82, 2.24) is 15.3 Å². The molecule has 1 aromatic carbocycles. The summed E-state index contributed by atoms with van der Waals surface area (Å²) in [6.07, 6.45) is 0.948. The molecule has 1 aromatic heterocycles. The third-order valence-electron chi connectivity index (χ3n) is 3.95. The molecule has 0 aliphatic carbocycles. The molecule has 1 heterocycles. The van der Waals surface area contributed by atoms with E-state index in [1.54, 1.807) is 6.07 Å². The van der Waals surface area contributed by atoms with Gasteiger partial charge in [-0.05, 0) is 56.4 Å². The Bertz CT molecular complexity index is 725. The number of hydrogen-bond acceptors (Lipinski definition) is 4. The van der Waals surface area contributed by atoms with Crippen molar-refractivity contribution in [3.63, 3.8) is 0 Å². The van der Waals surface area contributed by atoms with Gasteiger partial charge in [-0.3, -0.25) is 4.79 Å². The highest BCUT2D eigenvalue weighted by molar-refractivity contribution is 5.92. The van der Waals surface area contributed by atoms with Crippen molar-refractivity contribution in [1.29, 1.82) is 0 Å². The summed E-state index contributed by atoms with van der Waals surface area (Å²) in [7, 11) is 0. The highest BCUT2D eigenvalue weighted by atomic mass is 16.1. The predicted molar refractivity (Wildman–Crippen MR) is 97.8 cm³/mol. The maximum atomic E-state index is 12.3. The molecule has 5 heteroatoms. The summed E-state index contributed by atoms with van der Waals surface area (Å²) < 4.78 is 0. The number of hydrogen-bond donors (Lipinski definition) is 2. The van der Waals surface area contributed by atoms with Gasteiger partial charge < -0.3 is 10.6 Å². The van der Waals surface area contributed by atoms with E-state index in [1.165, 1.54) is 5.56 Å². The molecule has 0 fully saturated rings. The zero-order valence-electron chi connectivity index (χ0n) is 15.1. The summed E-state index contributed by atoms with van der Waals surface area (Å²) in [5.74, 6) is 0.835. The van der Waals surface area contributed by atoms with Crippen molar-refractivity contribution < 1.29 is 4.79 Å². The number of nitrogens with one attached hydrogen (secondary N) is 2. The molecule has 128 valence electrons. The van der Waals surface area contributed by atoms with Crippen molar-refractivity contribution in [3.8, 4) is 0 Å². The average molecular weight is 326 g/mol. The lowest BCUT2D eigenvalue weighted by Crippen LogP contribution is -2.26. The van der Waals surface area contributed by atoms with E-state index in [2.05, 4.69) is 47.4 Å². The summed E-state index contributed by atoms with van der Waals surface area (Å²) >= 11 is 0. The fraction of sp³-hybridized carbons (Fsp3) is 0.421. The predicted octanol–water partition coefficient (Wildman–Crippen LogP) is 3.92. The number of rotatable bonds is 6. The number of benzene rings is 1.